The minimum Gasteiger partial charge on any atom is -0.480 e. The fraction of sp³-hybridized carbons (Fsp3) is 0.833. The molecule has 1 amide bonds. The van der Waals surface area contributed by atoms with Crippen molar-refractivity contribution in [2.24, 2.45) is 11.8 Å². The molecular weight excluding hydrogens is 324 g/mol. The number of carbonyl (C=O) groups is 3. The average Bonchev–Trinajstić information content (AvgIpc) is 2.92. The lowest BCUT2D eigenvalue weighted by molar-refractivity contribution is -0.151. The van der Waals surface area contributed by atoms with Gasteiger partial charge in [-0.1, -0.05) is 26.7 Å². The molecule has 2 rings (SSSR count). The van der Waals surface area contributed by atoms with Gasteiger partial charge in [0.05, 0.1) is 6.04 Å². The lowest BCUT2D eigenvalue weighted by Crippen LogP contribution is -2.55. The zero-order valence-corrected chi connectivity index (χ0v) is 15.3. The van der Waals surface area contributed by atoms with Crippen LogP contribution in [0.25, 0.3) is 0 Å². The molecule has 0 spiro atoms. The molecule has 2 fully saturated rings. The highest BCUT2D eigenvalue weighted by Crippen LogP contribution is 2.40. The molecule has 0 aromatic heterocycles. The van der Waals surface area contributed by atoms with E-state index in [1.54, 1.807) is 6.92 Å². The second-order valence-corrected chi connectivity index (χ2v) is 7.86. The van der Waals surface area contributed by atoms with Crippen LogP contribution in [-0.4, -0.2) is 57.1 Å². The smallest absolute Gasteiger partial charge is 0.326 e. The summed E-state index contributed by atoms with van der Waals surface area (Å²) in [5.74, 6) is -1.82. The summed E-state index contributed by atoms with van der Waals surface area (Å²) in [5, 5.41) is 21.8. The van der Waals surface area contributed by atoms with Crippen molar-refractivity contribution < 1.29 is 24.6 Å². The Balaban J connectivity index is 2.12. The predicted molar refractivity (Wildman–Crippen MR) is 92.1 cm³/mol. The summed E-state index contributed by atoms with van der Waals surface area (Å²) in [6.45, 7) is 5.49. The van der Waals surface area contributed by atoms with Crippen molar-refractivity contribution in [2.75, 3.05) is 0 Å². The molecule has 1 saturated carbocycles. The molecule has 1 saturated heterocycles. The molecular formula is C18H30N2O5. The van der Waals surface area contributed by atoms with E-state index in [0.717, 1.165) is 25.7 Å². The Morgan fingerprint density at radius 2 is 1.76 bits per heavy atom. The molecule has 142 valence electrons. The maximum atomic E-state index is 13.0. The summed E-state index contributed by atoms with van der Waals surface area (Å²) in [5.41, 5.74) is 0. The molecule has 0 radical (unpaired) electrons. The monoisotopic (exact) mass is 354 g/mol. The van der Waals surface area contributed by atoms with Crippen molar-refractivity contribution in [3.8, 4) is 0 Å². The van der Waals surface area contributed by atoms with Crippen molar-refractivity contribution in [3.63, 3.8) is 0 Å². The van der Waals surface area contributed by atoms with Crippen LogP contribution in [0.15, 0.2) is 0 Å². The van der Waals surface area contributed by atoms with Gasteiger partial charge in [0.2, 0.25) is 5.91 Å². The fourth-order valence-electron chi connectivity index (χ4n) is 4.31. The summed E-state index contributed by atoms with van der Waals surface area (Å²) in [7, 11) is 0. The van der Waals surface area contributed by atoms with Crippen LogP contribution in [0, 0.1) is 11.8 Å². The topological polar surface area (TPSA) is 107 Å². The van der Waals surface area contributed by atoms with Gasteiger partial charge < -0.3 is 15.1 Å². The molecule has 25 heavy (non-hydrogen) atoms. The van der Waals surface area contributed by atoms with Gasteiger partial charge in [0.1, 0.15) is 12.1 Å². The second kappa shape index (κ2) is 8.17. The van der Waals surface area contributed by atoms with E-state index in [0.29, 0.717) is 12.8 Å². The Labute approximate surface area is 148 Å². The quantitative estimate of drug-likeness (QED) is 0.642. The summed E-state index contributed by atoms with van der Waals surface area (Å²) in [6, 6.07) is -2.35. The number of nitrogens with zero attached hydrogens (tertiary/aromatic N) is 1. The van der Waals surface area contributed by atoms with Crippen molar-refractivity contribution in [2.45, 2.75) is 83.5 Å². The Bertz CT molecular complexity index is 522. The highest BCUT2D eigenvalue weighted by Gasteiger charge is 2.48. The minimum absolute atomic E-state index is 0.0278. The van der Waals surface area contributed by atoms with Crippen LogP contribution in [0.1, 0.15) is 59.3 Å². The van der Waals surface area contributed by atoms with Crippen LogP contribution in [0.4, 0.5) is 0 Å². The summed E-state index contributed by atoms with van der Waals surface area (Å²) >= 11 is 0. The third-order valence-corrected chi connectivity index (χ3v) is 5.45. The standard InChI is InChI=1S/C18H30N2O5/c1-10(2)8-13(17(22)23)19-11(3)16(21)20-14-7-5-4-6-12(14)9-15(20)18(24)25/h10-15,19H,4-9H2,1-3H3,(H,22,23)(H,24,25)/t11-,12-,13-,14-,15-/m0/s1. The van der Waals surface area contributed by atoms with Crippen LogP contribution in [0.5, 0.6) is 0 Å². The molecule has 0 bridgehead atoms. The maximum Gasteiger partial charge on any atom is 0.326 e. The zero-order chi connectivity index (χ0) is 18.7. The molecule has 0 aromatic rings. The van der Waals surface area contributed by atoms with Crippen LogP contribution in [-0.2, 0) is 14.4 Å². The number of hydrogen-bond acceptors (Lipinski definition) is 4. The Morgan fingerprint density at radius 1 is 1.12 bits per heavy atom. The minimum atomic E-state index is -0.986. The van der Waals surface area contributed by atoms with Crippen LogP contribution in [0.2, 0.25) is 0 Å². The predicted octanol–water partition coefficient (Wildman–Crippen LogP) is 1.71. The first kappa shape index (κ1) is 19.7. The van der Waals surface area contributed by atoms with Gasteiger partial charge >= 0.3 is 11.9 Å². The van der Waals surface area contributed by atoms with Crippen LogP contribution < -0.4 is 5.32 Å². The molecule has 2 aliphatic rings. The van der Waals surface area contributed by atoms with Crippen molar-refractivity contribution in [1.82, 2.24) is 10.2 Å². The van der Waals surface area contributed by atoms with Crippen molar-refractivity contribution in [1.29, 1.82) is 0 Å². The lowest BCUT2D eigenvalue weighted by Gasteiger charge is -2.35. The van der Waals surface area contributed by atoms with E-state index < -0.39 is 30.1 Å². The number of carboxylic acids is 2. The van der Waals surface area contributed by atoms with E-state index in [2.05, 4.69) is 5.32 Å². The summed E-state index contributed by atoms with van der Waals surface area (Å²) in [4.78, 5) is 37.6. The molecule has 5 atom stereocenters. The van der Waals surface area contributed by atoms with Gasteiger partial charge in [-0.15, -0.1) is 0 Å². The summed E-state index contributed by atoms with van der Waals surface area (Å²) < 4.78 is 0. The summed E-state index contributed by atoms with van der Waals surface area (Å²) in [6.07, 6.45) is 4.81. The van der Waals surface area contributed by atoms with E-state index in [1.165, 1.54) is 4.90 Å². The van der Waals surface area contributed by atoms with Gasteiger partial charge in [-0.25, -0.2) is 4.79 Å². The van der Waals surface area contributed by atoms with Gasteiger partial charge in [-0.3, -0.25) is 14.9 Å². The van der Waals surface area contributed by atoms with E-state index in [4.69, 9.17) is 0 Å². The van der Waals surface area contributed by atoms with Crippen LogP contribution in [0.3, 0.4) is 0 Å². The third kappa shape index (κ3) is 4.51. The number of nitrogens with one attached hydrogen (secondary N) is 1. The molecule has 1 aliphatic carbocycles. The molecule has 7 heteroatoms. The SMILES string of the molecule is CC(C)C[C@H](N[C@@H](C)C(=O)N1[C@H](C(=O)O)C[C@@H]2CCCC[C@@H]21)C(=O)O. The zero-order valence-electron chi connectivity index (χ0n) is 15.3. The maximum absolute atomic E-state index is 13.0. The normalized spacial score (nSPS) is 28.5. The number of rotatable bonds is 7. The van der Waals surface area contributed by atoms with Gasteiger partial charge in [-0.2, -0.15) is 0 Å². The average molecular weight is 354 g/mol. The second-order valence-electron chi connectivity index (χ2n) is 7.86. The number of amides is 1. The molecule has 0 aromatic carbocycles. The molecule has 1 aliphatic heterocycles. The molecule has 1 heterocycles. The fourth-order valence-corrected chi connectivity index (χ4v) is 4.31. The number of fused-ring (bicyclic) bond motifs is 1. The highest BCUT2D eigenvalue weighted by atomic mass is 16.4. The van der Waals surface area contributed by atoms with Gasteiger partial charge in [0, 0.05) is 6.04 Å². The first-order valence-electron chi connectivity index (χ1n) is 9.26. The number of carbonyl (C=O) groups excluding carboxylic acids is 1. The van der Waals surface area contributed by atoms with Gasteiger partial charge in [0.15, 0.2) is 0 Å². The molecule has 0 unspecified atom stereocenters. The van der Waals surface area contributed by atoms with Crippen molar-refractivity contribution >= 4 is 17.8 Å². The highest BCUT2D eigenvalue weighted by molar-refractivity contribution is 5.88. The van der Waals surface area contributed by atoms with E-state index >= 15 is 0 Å². The first-order chi connectivity index (χ1) is 11.7. The Kier molecular flexibility index (Phi) is 6.43. The number of carboxylic acid groups (broad SMARTS) is 2. The third-order valence-electron chi connectivity index (χ3n) is 5.45. The van der Waals surface area contributed by atoms with Gasteiger partial charge in [0.25, 0.3) is 0 Å². The number of aliphatic carboxylic acids is 2. The lowest BCUT2D eigenvalue weighted by atomic mass is 9.84. The Hall–Kier alpha value is -1.63. The van der Waals surface area contributed by atoms with E-state index in [1.807, 2.05) is 13.8 Å². The first-order valence-corrected chi connectivity index (χ1v) is 9.26. The molecule has 7 nitrogen and oxygen atoms in total. The largest absolute Gasteiger partial charge is 0.480 e. The van der Waals surface area contributed by atoms with Gasteiger partial charge in [-0.05, 0) is 44.4 Å². The number of hydrogen-bond donors (Lipinski definition) is 3. The molecule has 3 N–H and O–H groups in total. The van der Waals surface area contributed by atoms with Crippen molar-refractivity contribution in [3.05, 3.63) is 0 Å². The van der Waals surface area contributed by atoms with Crippen LogP contribution >= 0.6 is 0 Å². The van der Waals surface area contributed by atoms with E-state index in [-0.39, 0.29) is 23.8 Å². The Morgan fingerprint density at radius 3 is 2.32 bits per heavy atom. The van der Waals surface area contributed by atoms with E-state index in [9.17, 15) is 24.6 Å². The number of likely N-dealkylation sites (tertiary alicyclic amines) is 1.